The maximum absolute atomic E-state index is 12.6. The standard InChI is InChI=1S/C22H17N3O/c26-22(20-9-3-6-17-5-1-2-8-19(17)20)25-14-16-10-11-21(24-13-16)18-7-4-12-23-15-18/h1-13,15H,14H2,(H,25,26). The van der Waals surface area contributed by atoms with Crippen molar-refractivity contribution in [2.45, 2.75) is 6.54 Å². The second-order valence-electron chi connectivity index (χ2n) is 6.00. The number of aromatic nitrogens is 2. The number of nitrogens with one attached hydrogen (secondary N) is 1. The first kappa shape index (κ1) is 16.0. The highest BCUT2D eigenvalue weighted by atomic mass is 16.1. The monoisotopic (exact) mass is 339 g/mol. The molecule has 0 unspecified atom stereocenters. The number of pyridine rings is 2. The van der Waals surface area contributed by atoms with E-state index in [0.29, 0.717) is 12.1 Å². The summed E-state index contributed by atoms with van der Waals surface area (Å²) in [5.74, 6) is -0.0851. The third-order valence-electron chi connectivity index (χ3n) is 4.27. The summed E-state index contributed by atoms with van der Waals surface area (Å²) in [5, 5.41) is 4.99. The average Bonchev–Trinajstić information content (AvgIpc) is 2.72. The second kappa shape index (κ2) is 7.15. The van der Waals surface area contributed by atoms with Crippen molar-refractivity contribution in [1.29, 1.82) is 0 Å². The topological polar surface area (TPSA) is 54.9 Å². The van der Waals surface area contributed by atoms with E-state index in [4.69, 9.17) is 0 Å². The van der Waals surface area contributed by atoms with Crippen LogP contribution in [0.3, 0.4) is 0 Å². The van der Waals surface area contributed by atoms with Gasteiger partial charge in [0, 0.05) is 36.3 Å². The van der Waals surface area contributed by atoms with Crippen LogP contribution in [0.5, 0.6) is 0 Å². The molecule has 4 aromatic rings. The molecule has 2 aromatic carbocycles. The van der Waals surface area contributed by atoms with Crippen LogP contribution >= 0.6 is 0 Å². The van der Waals surface area contributed by atoms with E-state index in [-0.39, 0.29) is 5.91 Å². The zero-order valence-electron chi connectivity index (χ0n) is 14.1. The van der Waals surface area contributed by atoms with E-state index in [2.05, 4.69) is 15.3 Å². The van der Waals surface area contributed by atoms with Gasteiger partial charge in [-0.05, 0) is 40.6 Å². The van der Waals surface area contributed by atoms with Crippen LogP contribution in [0.1, 0.15) is 15.9 Å². The van der Waals surface area contributed by atoms with Crippen LogP contribution in [0.4, 0.5) is 0 Å². The molecule has 0 aliphatic carbocycles. The third-order valence-corrected chi connectivity index (χ3v) is 4.27. The molecule has 1 N–H and O–H groups in total. The number of hydrogen-bond acceptors (Lipinski definition) is 3. The van der Waals surface area contributed by atoms with Crippen molar-refractivity contribution < 1.29 is 4.79 Å². The lowest BCUT2D eigenvalue weighted by Gasteiger charge is -2.08. The number of carbonyl (C=O) groups is 1. The van der Waals surface area contributed by atoms with Crippen LogP contribution in [0, 0.1) is 0 Å². The lowest BCUT2D eigenvalue weighted by Crippen LogP contribution is -2.23. The van der Waals surface area contributed by atoms with Crippen molar-refractivity contribution >= 4 is 16.7 Å². The first-order valence-electron chi connectivity index (χ1n) is 8.42. The van der Waals surface area contributed by atoms with Crippen molar-refractivity contribution in [2.75, 3.05) is 0 Å². The minimum absolute atomic E-state index is 0.0851. The molecular formula is C22H17N3O. The summed E-state index contributed by atoms with van der Waals surface area (Å²) in [6, 6.07) is 21.4. The van der Waals surface area contributed by atoms with Crippen LogP contribution in [0.15, 0.2) is 85.3 Å². The van der Waals surface area contributed by atoms with Crippen LogP contribution < -0.4 is 5.32 Å². The van der Waals surface area contributed by atoms with Crippen LogP contribution in [-0.4, -0.2) is 15.9 Å². The van der Waals surface area contributed by atoms with Gasteiger partial charge in [-0.1, -0.05) is 42.5 Å². The number of hydrogen-bond donors (Lipinski definition) is 1. The zero-order valence-corrected chi connectivity index (χ0v) is 14.1. The van der Waals surface area contributed by atoms with Gasteiger partial charge in [0.2, 0.25) is 0 Å². The Morgan fingerprint density at radius 1 is 0.885 bits per heavy atom. The van der Waals surface area contributed by atoms with E-state index in [1.54, 1.807) is 18.6 Å². The number of amides is 1. The van der Waals surface area contributed by atoms with Gasteiger partial charge in [0.15, 0.2) is 0 Å². The Hall–Kier alpha value is -3.53. The minimum Gasteiger partial charge on any atom is -0.348 e. The summed E-state index contributed by atoms with van der Waals surface area (Å²) in [7, 11) is 0. The Morgan fingerprint density at radius 3 is 2.58 bits per heavy atom. The molecule has 2 heterocycles. The smallest absolute Gasteiger partial charge is 0.252 e. The summed E-state index contributed by atoms with van der Waals surface area (Å²) in [6.45, 7) is 0.433. The van der Waals surface area contributed by atoms with Crippen molar-refractivity contribution in [3.63, 3.8) is 0 Å². The predicted molar refractivity (Wildman–Crippen MR) is 103 cm³/mol. The molecule has 0 fully saturated rings. The molecule has 0 saturated carbocycles. The Labute approximate surface area is 151 Å². The van der Waals surface area contributed by atoms with Gasteiger partial charge in [0.05, 0.1) is 5.69 Å². The molecule has 2 aromatic heterocycles. The molecule has 0 aliphatic rings. The van der Waals surface area contributed by atoms with Crippen molar-refractivity contribution in [1.82, 2.24) is 15.3 Å². The predicted octanol–water partition coefficient (Wildman–Crippen LogP) is 4.23. The lowest BCUT2D eigenvalue weighted by atomic mass is 10.0. The van der Waals surface area contributed by atoms with Crippen molar-refractivity contribution in [3.05, 3.63) is 96.4 Å². The van der Waals surface area contributed by atoms with Gasteiger partial charge in [0.25, 0.3) is 5.91 Å². The summed E-state index contributed by atoms with van der Waals surface area (Å²) in [5.41, 5.74) is 3.47. The van der Waals surface area contributed by atoms with Crippen LogP contribution in [-0.2, 0) is 6.54 Å². The zero-order chi connectivity index (χ0) is 17.8. The van der Waals surface area contributed by atoms with Crippen LogP contribution in [0.2, 0.25) is 0 Å². The number of fused-ring (bicyclic) bond motifs is 1. The average molecular weight is 339 g/mol. The van der Waals surface area contributed by atoms with Gasteiger partial charge in [-0.2, -0.15) is 0 Å². The molecular weight excluding hydrogens is 322 g/mol. The van der Waals surface area contributed by atoms with Gasteiger partial charge in [-0.25, -0.2) is 0 Å². The van der Waals surface area contributed by atoms with Crippen LogP contribution in [0.25, 0.3) is 22.0 Å². The molecule has 0 spiro atoms. The fraction of sp³-hybridized carbons (Fsp3) is 0.0455. The quantitative estimate of drug-likeness (QED) is 0.605. The van der Waals surface area contributed by atoms with E-state index < -0.39 is 0 Å². The molecule has 0 saturated heterocycles. The number of nitrogens with zero attached hydrogens (tertiary/aromatic N) is 2. The first-order valence-corrected chi connectivity index (χ1v) is 8.42. The fourth-order valence-corrected chi connectivity index (χ4v) is 2.92. The van der Waals surface area contributed by atoms with Gasteiger partial charge < -0.3 is 5.32 Å². The summed E-state index contributed by atoms with van der Waals surface area (Å²) in [6.07, 6.45) is 5.30. The normalized spacial score (nSPS) is 10.6. The number of benzene rings is 2. The third kappa shape index (κ3) is 3.30. The Bertz CT molecular complexity index is 1040. The largest absolute Gasteiger partial charge is 0.348 e. The Kier molecular flexibility index (Phi) is 4.39. The molecule has 1 amide bonds. The van der Waals surface area contributed by atoms with Crippen molar-refractivity contribution in [2.24, 2.45) is 0 Å². The lowest BCUT2D eigenvalue weighted by molar-refractivity contribution is 0.0952. The molecule has 4 nitrogen and oxygen atoms in total. The molecule has 0 aliphatic heterocycles. The Morgan fingerprint density at radius 2 is 1.77 bits per heavy atom. The summed E-state index contributed by atoms with van der Waals surface area (Å²) in [4.78, 5) is 21.1. The Balaban J connectivity index is 1.48. The van der Waals surface area contributed by atoms with Crippen molar-refractivity contribution in [3.8, 4) is 11.3 Å². The van der Waals surface area contributed by atoms with Gasteiger partial charge in [-0.15, -0.1) is 0 Å². The van der Waals surface area contributed by atoms with E-state index in [0.717, 1.165) is 27.6 Å². The molecule has 0 atom stereocenters. The van der Waals surface area contributed by atoms with E-state index >= 15 is 0 Å². The van der Waals surface area contributed by atoms with E-state index in [1.807, 2.05) is 66.7 Å². The fourth-order valence-electron chi connectivity index (χ4n) is 2.92. The maximum Gasteiger partial charge on any atom is 0.252 e. The molecule has 4 heteroatoms. The number of carbonyl (C=O) groups excluding carboxylic acids is 1. The number of rotatable bonds is 4. The highest BCUT2D eigenvalue weighted by Crippen LogP contribution is 2.19. The highest BCUT2D eigenvalue weighted by molar-refractivity contribution is 6.06. The molecule has 0 bridgehead atoms. The second-order valence-corrected chi connectivity index (χ2v) is 6.00. The van der Waals surface area contributed by atoms with E-state index in [9.17, 15) is 4.79 Å². The van der Waals surface area contributed by atoms with Gasteiger partial charge in [0.1, 0.15) is 0 Å². The minimum atomic E-state index is -0.0851. The summed E-state index contributed by atoms with van der Waals surface area (Å²) < 4.78 is 0. The van der Waals surface area contributed by atoms with Gasteiger partial charge >= 0.3 is 0 Å². The highest BCUT2D eigenvalue weighted by Gasteiger charge is 2.09. The molecule has 0 radical (unpaired) electrons. The SMILES string of the molecule is O=C(NCc1ccc(-c2cccnc2)nc1)c1cccc2ccccc12. The summed E-state index contributed by atoms with van der Waals surface area (Å²) >= 11 is 0. The molecule has 126 valence electrons. The van der Waals surface area contributed by atoms with E-state index in [1.165, 1.54) is 0 Å². The van der Waals surface area contributed by atoms with Gasteiger partial charge in [-0.3, -0.25) is 14.8 Å². The molecule has 26 heavy (non-hydrogen) atoms. The first-order chi connectivity index (χ1) is 12.8. The molecule has 4 rings (SSSR count). The maximum atomic E-state index is 12.6.